The van der Waals surface area contributed by atoms with Gasteiger partial charge in [0.05, 0.1) is 23.6 Å². The zero-order valence-corrected chi connectivity index (χ0v) is 16.0. The third kappa shape index (κ3) is 4.54. The maximum Gasteiger partial charge on any atom is 0.265 e. The summed E-state index contributed by atoms with van der Waals surface area (Å²) >= 11 is 0. The molecule has 0 radical (unpaired) electrons. The van der Waals surface area contributed by atoms with Crippen LogP contribution in [-0.2, 0) is 25.9 Å². The Labute approximate surface area is 157 Å². The van der Waals surface area contributed by atoms with Gasteiger partial charge >= 0.3 is 0 Å². The Morgan fingerprint density at radius 1 is 1.37 bits per heavy atom. The third-order valence-corrected chi connectivity index (χ3v) is 6.47. The fraction of sp³-hybridized carbons (Fsp3) is 0.500. The number of azo groups is 1. The number of aromatic hydroxyl groups is 1. The standard InChI is InChI=1S/C18H23N3O5S/c1-2-26-9-8-21-15-6-4-3-5-14(15)17(18(21)23)20-19-16(22)11-13-7-10-27(24,25)12-13/h3-6,13,23H,2,7-12H2,1H3/t13-/m1/s1. The van der Waals surface area contributed by atoms with Crippen molar-refractivity contribution < 1.29 is 23.1 Å². The van der Waals surface area contributed by atoms with Crippen molar-refractivity contribution >= 4 is 32.3 Å². The molecular weight excluding hydrogens is 370 g/mol. The Morgan fingerprint density at radius 2 is 2.15 bits per heavy atom. The quantitative estimate of drug-likeness (QED) is 0.574. The summed E-state index contributed by atoms with van der Waals surface area (Å²) in [6.45, 7) is 3.37. The van der Waals surface area contributed by atoms with Crippen molar-refractivity contribution in [2.45, 2.75) is 26.3 Å². The molecule has 2 heterocycles. The highest BCUT2D eigenvalue weighted by atomic mass is 32.2. The Bertz CT molecular complexity index is 965. The summed E-state index contributed by atoms with van der Waals surface area (Å²) in [7, 11) is -3.03. The molecule has 0 saturated carbocycles. The minimum Gasteiger partial charge on any atom is -0.493 e. The lowest BCUT2D eigenvalue weighted by Crippen LogP contribution is -2.08. The highest BCUT2D eigenvalue weighted by Gasteiger charge is 2.29. The van der Waals surface area contributed by atoms with Crippen LogP contribution in [0.5, 0.6) is 5.88 Å². The number of para-hydroxylation sites is 1. The largest absolute Gasteiger partial charge is 0.493 e. The third-order valence-electron chi connectivity index (χ3n) is 4.63. The number of amides is 1. The van der Waals surface area contributed by atoms with Crippen LogP contribution in [0.15, 0.2) is 34.5 Å². The van der Waals surface area contributed by atoms with Crippen molar-refractivity contribution in [3.63, 3.8) is 0 Å². The van der Waals surface area contributed by atoms with Crippen LogP contribution >= 0.6 is 0 Å². The molecule has 1 atom stereocenters. The van der Waals surface area contributed by atoms with Crippen LogP contribution in [-0.4, -0.2) is 48.7 Å². The van der Waals surface area contributed by atoms with E-state index in [0.29, 0.717) is 31.6 Å². The van der Waals surface area contributed by atoms with E-state index in [1.54, 1.807) is 10.6 Å². The van der Waals surface area contributed by atoms with E-state index in [9.17, 15) is 18.3 Å². The molecule has 9 heteroatoms. The number of hydrogen-bond acceptors (Lipinski definition) is 6. The predicted molar refractivity (Wildman–Crippen MR) is 101 cm³/mol. The molecule has 1 aliphatic heterocycles. The molecule has 0 unspecified atom stereocenters. The minimum atomic E-state index is -3.03. The van der Waals surface area contributed by atoms with Crippen LogP contribution in [0.1, 0.15) is 19.8 Å². The second-order valence-corrected chi connectivity index (χ2v) is 8.83. The number of carbonyl (C=O) groups excluding carboxylic acids is 1. The molecule has 0 spiro atoms. The van der Waals surface area contributed by atoms with E-state index < -0.39 is 15.7 Å². The fourth-order valence-electron chi connectivity index (χ4n) is 3.32. The molecule has 1 fully saturated rings. The first-order valence-electron chi connectivity index (χ1n) is 8.94. The number of sulfone groups is 1. The first-order valence-corrected chi connectivity index (χ1v) is 10.8. The highest BCUT2D eigenvalue weighted by Crippen LogP contribution is 2.38. The van der Waals surface area contributed by atoms with Gasteiger partial charge in [0.2, 0.25) is 5.88 Å². The molecule has 146 valence electrons. The van der Waals surface area contributed by atoms with E-state index in [4.69, 9.17) is 4.74 Å². The number of carbonyl (C=O) groups is 1. The summed E-state index contributed by atoms with van der Waals surface area (Å²) in [6.07, 6.45) is 0.526. The molecule has 0 aliphatic carbocycles. The van der Waals surface area contributed by atoms with Crippen molar-refractivity contribution in [1.29, 1.82) is 0 Å². The van der Waals surface area contributed by atoms with E-state index in [0.717, 1.165) is 5.52 Å². The first-order chi connectivity index (χ1) is 12.9. The summed E-state index contributed by atoms with van der Waals surface area (Å²) < 4.78 is 30.0. The van der Waals surface area contributed by atoms with E-state index in [1.807, 2.05) is 25.1 Å². The van der Waals surface area contributed by atoms with Gasteiger partial charge in [-0.2, -0.15) is 0 Å². The lowest BCUT2D eigenvalue weighted by Gasteiger charge is -2.06. The van der Waals surface area contributed by atoms with E-state index in [-0.39, 0.29) is 35.4 Å². The monoisotopic (exact) mass is 393 g/mol. The van der Waals surface area contributed by atoms with Crippen LogP contribution in [0.3, 0.4) is 0 Å². The van der Waals surface area contributed by atoms with Gasteiger partial charge in [0.25, 0.3) is 5.91 Å². The SMILES string of the molecule is CCOCCn1c(O)c(N=NC(=O)C[C@H]2CCS(=O)(=O)C2)c2ccccc21. The van der Waals surface area contributed by atoms with Gasteiger partial charge in [-0.3, -0.25) is 4.79 Å². The summed E-state index contributed by atoms with van der Waals surface area (Å²) in [5.74, 6) is -0.618. The molecule has 1 N–H and O–H groups in total. The van der Waals surface area contributed by atoms with Crippen LogP contribution in [0.2, 0.25) is 0 Å². The lowest BCUT2D eigenvalue weighted by molar-refractivity contribution is -0.119. The lowest BCUT2D eigenvalue weighted by atomic mass is 10.1. The fourth-order valence-corrected chi connectivity index (χ4v) is 5.19. The normalized spacial score (nSPS) is 19.2. The summed E-state index contributed by atoms with van der Waals surface area (Å²) in [5, 5.41) is 18.9. The molecule has 1 aliphatic rings. The van der Waals surface area contributed by atoms with Gasteiger partial charge in [-0.1, -0.05) is 18.2 Å². The summed E-state index contributed by atoms with van der Waals surface area (Å²) in [6, 6.07) is 7.32. The maximum absolute atomic E-state index is 12.1. The first kappa shape index (κ1) is 19.5. The topological polar surface area (TPSA) is 110 Å². The number of nitrogens with zero attached hydrogens (tertiary/aromatic N) is 3. The van der Waals surface area contributed by atoms with Crippen LogP contribution in [0.4, 0.5) is 5.69 Å². The van der Waals surface area contributed by atoms with Crippen LogP contribution in [0.25, 0.3) is 10.9 Å². The molecule has 1 aromatic heterocycles. The highest BCUT2D eigenvalue weighted by molar-refractivity contribution is 7.91. The summed E-state index contributed by atoms with van der Waals surface area (Å²) in [5.41, 5.74) is 1.01. The number of aromatic nitrogens is 1. The molecule has 3 rings (SSSR count). The van der Waals surface area contributed by atoms with Gasteiger partial charge in [0, 0.05) is 25.0 Å². The number of hydrogen-bond donors (Lipinski definition) is 1. The van der Waals surface area contributed by atoms with Crippen molar-refractivity contribution in [1.82, 2.24) is 4.57 Å². The zero-order valence-electron chi connectivity index (χ0n) is 15.2. The van der Waals surface area contributed by atoms with Crippen LogP contribution < -0.4 is 0 Å². The van der Waals surface area contributed by atoms with Gasteiger partial charge in [0.15, 0.2) is 15.5 Å². The molecule has 0 bridgehead atoms. The van der Waals surface area contributed by atoms with Crippen molar-refractivity contribution in [2.24, 2.45) is 16.1 Å². The minimum absolute atomic E-state index is 0.0241. The Morgan fingerprint density at radius 3 is 2.85 bits per heavy atom. The second-order valence-electron chi connectivity index (χ2n) is 6.60. The zero-order chi connectivity index (χ0) is 19.4. The van der Waals surface area contributed by atoms with Crippen molar-refractivity contribution in [3.05, 3.63) is 24.3 Å². The average Bonchev–Trinajstić information content (AvgIpc) is 3.10. The molecule has 2 aromatic rings. The molecule has 27 heavy (non-hydrogen) atoms. The Hall–Kier alpha value is -2.26. The Balaban J connectivity index is 1.78. The van der Waals surface area contributed by atoms with Gasteiger partial charge in [-0.05, 0) is 25.3 Å². The molecule has 1 amide bonds. The van der Waals surface area contributed by atoms with Gasteiger partial charge in [-0.15, -0.1) is 10.2 Å². The van der Waals surface area contributed by atoms with Crippen molar-refractivity contribution in [2.75, 3.05) is 24.7 Å². The molecule has 8 nitrogen and oxygen atoms in total. The second kappa shape index (κ2) is 8.18. The smallest absolute Gasteiger partial charge is 0.265 e. The summed E-state index contributed by atoms with van der Waals surface area (Å²) in [4.78, 5) is 12.1. The number of fused-ring (bicyclic) bond motifs is 1. The average molecular weight is 393 g/mol. The van der Waals surface area contributed by atoms with Gasteiger partial charge in [-0.25, -0.2) is 8.42 Å². The van der Waals surface area contributed by atoms with Gasteiger partial charge < -0.3 is 14.4 Å². The molecule has 1 aromatic carbocycles. The number of ether oxygens (including phenoxy) is 1. The molecule has 1 saturated heterocycles. The maximum atomic E-state index is 12.1. The van der Waals surface area contributed by atoms with Gasteiger partial charge in [0.1, 0.15) is 0 Å². The molecular formula is C18H23N3O5S. The van der Waals surface area contributed by atoms with E-state index in [2.05, 4.69) is 10.2 Å². The van der Waals surface area contributed by atoms with Crippen LogP contribution in [0, 0.1) is 5.92 Å². The van der Waals surface area contributed by atoms with Crippen molar-refractivity contribution in [3.8, 4) is 5.88 Å². The van der Waals surface area contributed by atoms with E-state index in [1.165, 1.54) is 0 Å². The predicted octanol–water partition coefficient (Wildman–Crippen LogP) is 2.82. The van der Waals surface area contributed by atoms with E-state index >= 15 is 0 Å². The number of rotatable bonds is 7. The number of benzene rings is 1. The Kier molecular flexibility index (Phi) is 5.91.